The van der Waals surface area contributed by atoms with Gasteiger partial charge in [0.15, 0.2) is 5.69 Å². The maximum absolute atomic E-state index is 13.9. The molecule has 0 fully saturated rings. The summed E-state index contributed by atoms with van der Waals surface area (Å²) in [6.07, 6.45) is 2.23. The molecule has 1 aliphatic rings. The van der Waals surface area contributed by atoms with Crippen molar-refractivity contribution in [3.8, 4) is 22.8 Å². The number of carbonyl (C=O) groups is 1. The zero-order valence-corrected chi connectivity index (χ0v) is 22.0. The largest absolute Gasteiger partial charge is 0.476 e. The van der Waals surface area contributed by atoms with Gasteiger partial charge in [-0.3, -0.25) is 4.68 Å². The van der Waals surface area contributed by atoms with Crippen molar-refractivity contribution in [3.05, 3.63) is 83.2 Å². The van der Waals surface area contributed by atoms with Crippen LogP contribution in [0.4, 0.5) is 13.2 Å². The molecule has 0 saturated heterocycles. The van der Waals surface area contributed by atoms with E-state index in [2.05, 4.69) is 15.2 Å². The van der Waals surface area contributed by atoms with Crippen molar-refractivity contribution in [2.45, 2.75) is 38.4 Å². The summed E-state index contributed by atoms with van der Waals surface area (Å²) in [5, 5.41) is 16.9. The molecule has 2 heterocycles. The van der Waals surface area contributed by atoms with Crippen LogP contribution in [0.25, 0.3) is 28.4 Å². The summed E-state index contributed by atoms with van der Waals surface area (Å²) >= 11 is 0. The Morgan fingerprint density at radius 3 is 2.46 bits per heavy atom. The number of carboxylic acids is 1. The molecule has 11 heteroatoms. The van der Waals surface area contributed by atoms with Crippen LogP contribution < -0.4 is 0 Å². The molecule has 0 atom stereocenters. The Bertz CT molecular complexity index is 1440. The van der Waals surface area contributed by atoms with E-state index in [9.17, 15) is 18.0 Å². The molecule has 5 rings (SSSR count). The molecule has 4 aromatic rings. The van der Waals surface area contributed by atoms with Gasteiger partial charge in [-0.05, 0) is 60.6 Å². The number of nitrogens with zero attached hydrogens (tertiary/aromatic N) is 4. The summed E-state index contributed by atoms with van der Waals surface area (Å²) in [6.45, 7) is 0.369. The second-order valence-electron chi connectivity index (χ2n) is 8.56. The SMILES string of the molecule is O=C(O)c1ccn(Cc2ccc(-c3noc(-c4ccc(C5=CCCCC5)c(C(F)(F)F)c4)n3)cc2)n1.[Na]. The molecule has 185 valence electrons. The third-order valence-electron chi connectivity index (χ3n) is 6.05. The van der Waals surface area contributed by atoms with Crippen LogP contribution in [0.3, 0.4) is 0 Å². The fourth-order valence-electron chi connectivity index (χ4n) is 4.24. The Kier molecular flexibility index (Phi) is 8.01. The number of alkyl halides is 3. The van der Waals surface area contributed by atoms with Crippen LogP contribution in [0.2, 0.25) is 0 Å². The van der Waals surface area contributed by atoms with Gasteiger partial charge in [0.2, 0.25) is 5.82 Å². The minimum absolute atomic E-state index is 0. The fourth-order valence-corrected chi connectivity index (χ4v) is 4.24. The molecule has 0 spiro atoms. The predicted molar refractivity (Wildman–Crippen MR) is 131 cm³/mol. The molecule has 0 amide bonds. The molecule has 1 radical (unpaired) electrons. The fraction of sp³-hybridized carbons (Fsp3) is 0.231. The van der Waals surface area contributed by atoms with Crippen LogP contribution in [0, 0.1) is 0 Å². The minimum Gasteiger partial charge on any atom is -0.476 e. The number of carboxylic acid groups (broad SMARTS) is 1. The van der Waals surface area contributed by atoms with Crippen molar-refractivity contribution in [2.24, 2.45) is 0 Å². The monoisotopic (exact) mass is 517 g/mol. The first-order valence-corrected chi connectivity index (χ1v) is 11.4. The number of hydrogen-bond donors (Lipinski definition) is 1. The van der Waals surface area contributed by atoms with E-state index in [-0.39, 0.29) is 58.1 Å². The van der Waals surface area contributed by atoms with E-state index in [4.69, 9.17) is 9.63 Å². The maximum Gasteiger partial charge on any atom is 0.417 e. The molecule has 0 unspecified atom stereocenters. The summed E-state index contributed by atoms with van der Waals surface area (Å²) in [4.78, 5) is 15.3. The Hall–Kier alpha value is -3.21. The molecule has 1 N–H and O–H groups in total. The normalized spacial score (nSPS) is 13.6. The van der Waals surface area contributed by atoms with E-state index in [1.54, 1.807) is 24.4 Å². The van der Waals surface area contributed by atoms with Crippen LogP contribution in [0.1, 0.15) is 52.9 Å². The number of hydrogen-bond acceptors (Lipinski definition) is 5. The van der Waals surface area contributed by atoms with E-state index < -0.39 is 17.7 Å². The van der Waals surface area contributed by atoms with Crippen LogP contribution in [0.5, 0.6) is 0 Å². The van der Waals surface area contributed by atoms with Crippen molar-refractivity contribution in [1.82, 2.24) is 19.9 Å². The van der Waals surface area contributed by atoms with Gasteiger partial charge in [0.05, 0.1) is 12.1 Å². The number of allylic oxidation sites excluding steroid dienone is 2. The predicted octanol–water partition coefficient (Wildman–Crippen LogP) is 5.94. The van der Waals surface area contributed by atoms with E-state index in [0.717, 1.165) is 36.5 Å². The van der Waals surface area contributed by atoms with Crippen molar-refractivity contribution in [1.29, 1.82) is 0 Å². The van der Waals surface area contributed by atoms with Crippen molar-refractivity contribution >= 4 is 41.1 Å². The molecule has 7 nitrogen and oxygen atoms in total. The number of benzene rings is 2. The first-order chi connectivity index (χ1) is 17.3. The van der Waals surface area contributed by atoms with Crippen LogP contribution in [-0.4, -0.2) is 60.6 Å². The zero-order chi connectivity index (χ0) is 25.3. The average molecular weight is 517 g/mol. The number of rotatable bonds is 6. The van der Waals surface area contributed by atoms with Gasteiger partial charge in [-0.2, -0.15) is 23.3 Å². The smallest absolute Gasteiger partial charge is 0.417 e. The Morgan fingerprint density at radius 2 is 1.81 bits per heavy atom. The average Bonchev–Trinajstić information content (AvgIpc) is 3.55. The van der Waals surface area contributed by atoms with Crippen molar-refractivity contribution in [3.63, 3.8) is 0 Å². The third kappa shape index (κ3) is 6.03. The van der Waals surface area contributed by atoms with Gasteiger partial charge in [-0.25, -0.2) is 4.79 Å². The molecular formula is C26H21F3N4NaO3. The molecule has 2 aromatic carbocycles. The molecular weight excluding hydrogens is 496 g/mol. The molecule has 0 aliphatic heterocycles. The number of aromatic carboxylic acids is 1. The molecule has 0 saturated carbocycles. The van der Waals surface area contributed by atoms with Gasteiger partial charge < -0.3 is 9.63 Å². The van der Waals surface area contributed by atoms with Gasteiger partial charge in [-0.1, -0.05) is 41.6 Å². The quantitative estimate of drug-likeness (QED) is 0.318. The first kappa shape index (κ1) is 26.8. The molecule has 37 heavy (non-hydrogen) atoms. The summed E-state index contributed by atoms with van der Waals surface area (Å²) in [7, 11) is 0. The standard InChI is InChI=1S/C26H21F3N4O3.Na/c27-26(28,29)21-14-19(10-11-20(21)17-4-2-1-3-5-17)24-30-23(32-36-24)18-8-6-16(7-9-18)15-33-13-12-22(31-33)25(34)35;/h4,6-14H,1-3,5,15H2,(H,34,35);. The van der Waals surface area contributed by atoms with Crippen molar-refractivity contribution < 1.29 is 27.6 Å². The van der Waals surface area contributed by atoms with Crippen LogP contribution in [-0.2, 0) is 12.7 Å². The first-order valence-electron chi connectivity index (χ1n) is 11.4. The second kappa shape index (κ2) is 11.0. The zero-order valence-electron chi connectivity index (χ0n) is 20.0. The third-order valence-corrected chi connectivity index (χ3v) is 6.05. The van der Waals surface area contributed by atoms with Gasteiger partial charge in [-0.15, -0.1) is 0 Å². The Labute approximate surface area is 232 Å². The van der Waals surface area contributed by atoms with E-state index in [1.165, 1.54) is 16.8 Å². The van der Waals surface area contributed by atoms with Crippen molar-refractivity contribution in [2.75, 3.05) is 0 Å². The molecule has 1 aliphatic carbocycles. The minimum atomic E-state index is -4.51. The summed E-state index contributed by atoms with van der Waals surface area (Å²) in [5.74, 6) is -0.849. The van der Waals surface area contributed by atoms with Gasteiger partial charge in [0.25, 0.3) is 5.89 Å². The van der Waals surface area contributed by atoms with Gasteiger partial charge in [0.1, 0.15) is 0 Å². The van der Waals surface area contributed by atoms with E-state index in [1.807, 2.05) is 18.2 Å². The van der Waals surface area contributed by atoms with Gasteiger partial charge in [0, 0.05) is 46.9 Å². The maximum atomic E-state index is 13.9. The Balaban J connectivity index is 0.00000320. The number of halogens is 3. The van der Waals surface area contributed by atoms with Gasteiger partial charge >= 0.3 is 12.1 Å². The topological polar surface area (TPSA) is 94.0 Å². The van der Waals surface area contributed by atoms with Crippen LogP contribution >= 0.6 is 0 Å². The summed E-state index contributed by atoms with van der Waals surface area (Å²) in [6, 6.07) is 12.7. The molecule has 0 bridgehead atoms. The van der Waals surface area contributed by atoms with E-state index >= 15 is 0 Å². The van der Waals surface area contributed by atoms with E-state index in [0.29, 0.717) is 18.5 Å². The van der Waals surface area contributed by atoms with Crippen LogP contribution in [0.15, 0.2) is 65.3 Å². The number of aromatic nitrogens is 4. The summed E-state index contributed by atoms with van der Waals surface area (Å²) < 4.78 is 48.4. The second-order valence-corrected chi connectivity index (χ2v) is 8.56. The summed E-state index contributed by atoms with van der Waals surface area (Å²) in [5.41, 5.74) is 1.87. The molecule has 2 aromatic heterocycles. The Morgan fingerprint density at radius 1 is 1.05 bits per heavy atom.